The molecule has 0 radical (unpaired) electrons. The number of nitrogens with two attached hydrogens (primary N) is 1. The van der Waals surface area contributed by atoms with Gasteiger partial charge in [-0.1, -0.05) is 35.6 Å². The third-order valence-electron chi connectivity index (χ3n) is 3.71. The summed E-state index contributed by atoms with van der Waals surface area (Å²) in [7, 11) is 0. The maximum atomic E-state index is 12.6. The molecular weight excluding hydrogens is 294 g/mol. The number of carbonyl (C=O) groups excluding carboxylic acids is 1. The van der Waals surface area contributed by atoms with Gasteiger partial charge in [0.1, 0.15) is 0 Å². The van der Waals surface area contributed by atoms with Crippen molar-refractivity contribution in [1.82, 2.24) is 4.98 Å². The Hall–Kier alpha value is -2.40. The summed E-state index contributed by atoms with van der Waals surface area (Å²) in [6.45, 7) is 3.78. The number of aromatic nitrogens is 1. The molecule has 112 valence electrons. The number of rotatable bonds is 3. The van der Waals surface area contributed by atoms with Crippen LogP contribution in [0.25, 0.3) is 10.2 Å². The van der Waals surface area contributed by atoms with E-state index < -0.39 is 5.41 Å². The van der Waals surface area contributed by atoms with Crippen LogP contribution in [-0.4, -0.2) is 10.9 Å². The van der Waals surface area contributed by atoms with Crippen LogP contribution < -0.4 is 11.1 Å². The third-order valence-corrected chi connectivity index (χ3v) is 4.67. The second-order valence-corrected chi connectivity index (χ2v) is 6.72. The number of hydrogen-bond donors (Lipinski definition) is 2. The van der Waals surface area contributed by atoms with Gasteiger partial charge in [0, 0.05) is 5.69 Å². The molecule has 0 aliphatic heterocycles. The molecule has 3 aromatic rings. The van der Waals surface area contributed by atoms with E-state index in [1.54, 1.807) is 0 Å². The average molecular weight is 311 g/mol. The fraction of sp³-hybridized carbons (Fsp3) is 0.176. The van der Waals surface area contributed by atoms with Gasteiger partial charge in [-0.05, 0) is 43.7 Å². The lowest BCUT2D eigenvalue weighted by atomic mass is 9.83. The van der Waals surface area contributed by atoms with Crippen molar-refractivity contribution in [3.05, 3.63) is 54.1 Å². The molecule has 0 aliphatic carbocycles. The van der Waals surface area contributed by atoms with Crippen molar-refractivity contribution in [1.29, 1.82) is 0 Å². The summed E-state index contributed by atoms with van der Waals surface area (Å²) in [6, 6.07) is 15.2. The van der Waals surface area contributed by atoms with Gasteiger partial charge < -0.3 is 11.1 Å². The van der Waals surface area contributed by atoms with Crippen LogP contribution in [0.4, 0.5) is 10.8 Å². The van der Waals surface area contributed by atoms with Gasteiger partial charge in [0.25, 0.3) is 0 Å². The highest BCUT2D eigenvalue weighted by atomic mass is 32.1. The van der Waals surface area contributed by atoms with Crippen LogP contribution in [-0.2, 0) is 10.2 Å². The highest BCUT2D eigenvalue weighted by Gasteiger charge is 2.30. The molecule has 1 amide bonds. The summed E-state index contributed by atoms with van der Waals surface area (Å²) < 4.78 is 1.06. The number of amides is 1. The van der Waals surface area contributed by atoms with Crippen molar-refractivity contribution >= 4 is 38.3 Å². The van der Waals surface area contributed by atoms with Crippen LogP contribution in [0.15, 0.2) is 48.5 Å². The molecule has 0 saturated carbocycles. The molecule has 0 bridgehead atoms. The normalized spacial score (nSPS) is 11.5. The van der Waals surface area contributed by atoms with Gasteiger partial charge in [-0.25, -0.2) is 4.98 Å². The maximum Gasteiger partial charge on any atom is 0.236 e. The van der Waals surface area contributed by atoms with Crippen molar-refractivity contribution in [3.63, 3.8) is 0 Å². The molecule has 0 unspecified atom stereocenters. The fourth-order valence-corrected chi connectivity index (χ4v) is 3.07. The van der Waals surface area contributed by atoms with Gasteiger partial charge in [0.2, 0.25) is 5.91 Å². The van der Waals surface area contributed by atoms with Gasteiger partial charge in [0.05, 0.1) is 15.6 Å². The minimum absolute atomic E-state index is 0.0867. The average Bonchev–Trinajstić information content (AvgIpc) is 2.89. The Morgan fingerprint density at radius 1 is 1.14 bits per heavy atom. The lowest BCUT2D eigenvalue weighted by Crippen LogP contribution is -2.34. The number of benzene rings is 2. The van der Waals surface area contributed by atoms with Crippen molar-refractivity contribution in [2.24, 2.45) is 0 Å². The Morgan fingerprint density at radius 2 is 1.82 bits per heavy atom. The summed E-state index contributed by atoms with van der Waals surface area (Å²) in [5.74, 6) is -0.0867. The summed E-state index contributed by atoms with van der Waals surface area (Å²) in [4.78, 5) is 17.1. The highest BCUT2D eigenvalue weighted by molar-refractivity contribution is 7.22. The topological polar surface area (TPSA) is 68.0 Å². The SMILES string of the molecule is CC(C)(C(=O)Nc1nc2ccccc2s1)c1ccc(N)cc1. The zero-order valence-corrected chi connectivity index (χ0v) is 13.3. The number of nitrogens with zero attached hydrogens (tertiary/aromatic N) is 1. The Bertz CT molecular complexity index is 788. The predicted octanol–water partition coefficient (Wildman–Crippen LogP) is 3.79. The van der Waals surface area contributed by atoms with E-state index in [0.717, 1.165) is 15.8 Å². The second kappa shape index (κ2) is 5.42. The molecule has 2 aromatic carbocycles. The largest absolute Gasteiger partial charge is 0.399 e. The van der Waals surface area contributed by atoms with Crippen molar-refractivity contribution in [2.75, 3.05) is 11.1 Å². The number of hydrogen-bond acceptors (Lipinski definition) is 4. The first-order chi connectivity index (χ1) is 10.5. The van der Waals surface area contributed by atoms with Gasteiger partial charge in [-0.2, -0.15) is 0 Å². The lowest BCUT2D eigenvalue weighted by Gasteiger charge is -2.23. The number of nitrogen functional groups attached to an aromatic ring is 1. The van der Waals surface area contributed by atoms with E-state index in [0.29, 0.717) is 10.8 Å². The smallest absolute Gasteiger partial charge is 0.236 e. The molecule has 0 aliphatic rings. The van der Waals surface area contributed by atoms with E-state index in [1.165, 1.54) is 11.3 Å². The van der Waals surface area contributed by atoms with Crippen LogP contribution in [0.5, 0.6) is 0 Å². The molecular formula is C17H17N3OS. The van der Waals surface area contributed by atoms with Crippen molar-refractivity contribution in [2.45, 2.75) is 19.3 Å². The standard InChI is InChI=1S/C17H17N3OS/c1-17(2,11-7-9-12(18)10-8-11)15(21)20-16-19-13-5-3-4-6-14(13)22-16/h3-10H,18H2,1-2H3,(H,19,20,21). The lowest BCUT2D eigenvalue weighted by molar-refractivity contribution is -0.120. The summed E-state index contributed by atoms with van der Waals surface area (Å²) in [5, 5.41) is 3.54. The molecule has 0 atom stereocenters. The molecule has 1 aromatic heterocycles. The third kappa shape index (κ3) is 2.67. The zero-order valence-electron chi connectivity index (χ0n) is 12.5. The summed E-state index contributed by atoms with van der Waals surface area (Å²) >= 11 is 1.48. The Balaban J connectivity index is 1.84. The number of carbonyl (C=O) groups is 1. The molecule has 0 fully saturated rings. The van der Waals surface area contributed by atoms with Crippen LogP contribution in [0.2, 0.25) is 0 Å². The molecule has 0 spiro atoms. The van der Waals surface area contributed by atoms with Crippen molar-refractivity contribution < 1.29 is 4.79 Å². The molecule has 0 saturated heterocycles. The van der Waals surface area contributed by atoms with Gasteiger partial charge >= 0.3 is 0 Å². The Labute approximate surface area is 133 Å². The van der Waals surface area contributed by atoms with E-state index in [-0.39, 0.29) is 5.91 Å². The van der Waals surface area contributed by atoms with E-state index in [4.69, 9.17) is 5.73 Å². The number of anilines is 2. The molecule has 5 heteroatoms. The van der Waals surface area contributed by atoms with Crippen LogP contribution >= 0.6 is 11.3 Å². The van der Waals surface area contributed by atoms with Crippen LogP contribution in [0, 0.1) is 0 Å². The van der Waals surface area contributed by atoms with Crippen LogP contribution in [0.3, 0.4) is 0 Å². The highest BCUT2D eigenvalue weighted by Crippen LogP contribution is 2.29. The Morgan fingerprint density at radius 3 is 2.50 bits per heavy atom. The second-order valence-electron chi connectivity index (χ2n) is 5.69. The van der Waals surface area contributed by atoms with E-state index in [1.807, 2.05) is 62.4 Å². The first-order valence-electron chi connectivity index (χ1n) is 7.00. The number of para-hydroxylation sites is 1. The van der Waals surface area contributed by atoms with Gasteiger partial charge in [0.15, 0.2) is 5.13 Å². The quantitative estimate of drug-likeness (QED) is 0.723. The molecule has 4 nitrogen and oxygen atoms in total. The minimum atomic E-state index is -0.661. The number of thiazole rings is 1. The number of nitrogens with one attached hydrogen (secondary N) is 1. The monoisotopic (exact) mass is 311 g/mol. The number of fused-ring (bicyclic) bond motifs is 1. The summed E-state index contributed by atoms with van der Waals surface area (Å²) in [5.41, 5.74) is 7.54. The van der Waals surface area contributed by atoms with Gasteiger partial charge in [-0.15, -0.1) is 0 Å². The maximum absolute atomic E-state index is 12.6. The predicted molar refractivity (Wildman–Crippen MR) is 92.1 cm³/mol. The van der Waals surface area contributed by atoms with E-state index in [9.17, 15) is 4.79 Å². The van der Waals surface area contributed by atoms with E-state index in [2.05, 4.69) is 10.3 Å². The van der Waals surface area contributed by atoms with Gasteiger partial charge in [-0.3, -0.25) is 4.79 Å². The first kappa shape index (κ1) is 14.5. The molecule has 3 rings (SSSR count). The summed E-state index contributed by atoms with van der Waals surface area (Å²) in [6.07, 6.45) is 0. The fourth-order valence-electron chi connectivity index (χ4n) is 2.21. The van der Waals surface area contributed by atoms with Crippen molar-refractivity contribution in [3.8, 4) is 0 Å². The minimum Gasteiger partial charge on any atom is -0.399 e. The first-order valence-corrected chi connectivity index (χ1v) is 7.81. The van der Waals surface area contributed by atoms with Crippen LogP contribution in [0.1, 0.15) is 19.4 Å². The molecule has 1 heterocycles. The molecule has 22 heavy (non-hydrogen) atoms. The molecule has 3 N–H and O–H groups in total. The van der Waals surface area contributed by atoms with E-state index >= 15 is 0 Å². The zero-order chi connectivity index (χ0) is 15.7. The Kier molecular flexibility index (Phi) is 3.58.